The minimum Gasteiger partial charge on any atom is -0.479 e. The monoisotopic (exact) mass is 382 g/mol. The Morgan fingerprint density at radius 1 is 1.33 bits per heavy atom. The van der Waals surface area contributed by atoms with Crippen LogP contribution in [0.1, 0.15) is 39.8 Å². The molecule has 1 unspecified atom stereocenters. The van der Waals surface area contributed by atoms with Gasteiger partial charge in [-0.1, -0.05) is 17.7 Å². The van der Waals surface area contributed by atoms with Crippen molar-refractivity contribution in [3.05, 3.63) is 70.4 Å². The molecule has 1 aliphatic rings. The Hall–Kier alpha value is -2.86. The topological polar surface area (TPSA) is 69.0 Å². The number of amides is 1. The van der Waals surface area contributed by atoms with E-state index in [0.717, 1.165) is 29.8 Å². The number of methoxy groups -OCH3 is 1. The Labute approximate surface area is 162 Å². The zero-order chi connectivity index (χ0) is 19.0. The molecule has 0 bridgehead atoms. The highest BCUT2D eigenvalue weighted by Crippen LogP contribution is 2.33. The maximum Gasteiger partial charge on any atom is 0.270 e. The number of aromatic nitrogens is 3. The normalized spacial score (nSPS) is 15.4. The van der Waals surface area contributed by atoms with E-state index in [9.17, 15) is 4.79 Å². The first-order valence-electron chi connectivity index (χ1n) is 8.70. The summed E-state index contributed by atoms with van der Waals surface area (Å²) in [4.78, 5) is 21.3. The lowest BCUT2D eigenvalue weighted by Gasteiger charge is -2.15. The van der Waals surface area contributed by atoms with Crippen LogP contribution in [0.3, 0.4) is 0 Å². The molecule has 1 aromatic carbocycles. The predicted octanol–water partition coefficient (Wildman–Crippen LogP) is 3.66. The van der Waals surface area contributed by atoms with Gasteiger partial charge in [0.1, 0.15) is 11.4 Å². The van der Waals surface area contributed by atoms with Gasteiger partial charge >= 0.3 is 0 Å². The van der Waals surface area contributed by atoms with Gasteiger partial charge in [0.05, 0.1) is 25.2 Å². The molecule has 1 amide bonds. The lowest BCUT2D eigenvalue weighted by Crippen LogP contribution is -2.28. The van der Waals surface area contributed by atoms with E-state index in [4.69, 9.17) is 16.3 Å². The summed E-state index contributed by atoms with van der Waals surface area (Å²) in [6.45, 7) is 1.91. The number of pyridine rings is 1. The Kier molecular flexibility index (Phi) is 4.58. The molecule has 4 rings (SSSR count). The van der Waals surface area contributed by atoms with Gasteiger partial charge in [0, 0.05) is 11.2 Å². The molecule has 27 heavy (non-hydrogen) atoms. The zero-order valence-corrected chi connectivity index (χ0v) is 15.8. The molecule has 3 aromatic rings. The van der Waals surface area contributed by atoms with Crippen molar-refractivity contribution < 1.29 is 9.53 Å². The fraction of sp³-hybridized carbons (Fsp3) is 0.250. The number of fused-ring (bicyclic) bond motifs is 1. The van der Waals surface area contributed by atoms with E-state index in [1.54, 1.807) is 18.5 Å². The Morgan fingerprint density at radius 2 is 2.19 bits per heavy atom. The number of nitrogens with zero attached hydrogens (tertiary/aromatic N) is 3. The van der Waals surface area contributed by atoms with Gasteiger partial charge in [0.25, 0.3) is 5.91 Å². The van der Waals surface area contributed by atoms with Crippen molar-refractivity contribution in [2.75, 3.05) is 7.11 Å². The minimum atomic E-state index is -0.237. The maximum atomic E-state index is 12.7. The third kappa shape index (κ3) is 3.40. The largest absolute Gasteiger partial charge is 0.479 e. The zero-order valence-electron chi connectivity index (χ0n) is 15.1. The summed E-state index contributed by atoms with van der Waals surface area (Å²) in [6, 6.07) is 9.26. The van der Waals surface area contributed by atoms with Gasteiger partial charge in [-0.3, -0.25) is 4.79 Å². The van der Waals surface area contributed by atoms with Gasteiger partial charge < -0.3 is 14.6 Å². The van der Waals surface area contributed by atoms with Gasteiger partial charge in [-0.25, -0.2) is 9.97 Å². The smallest absolute Gasteiger partial charge is 0.270 e. The summed E-state index contributed by atoms with van der Waals surface area (Å²) in [6.07, 6.45) is 5.34. The van der Waals surface area contributed by atoms with Crippen LogP contribution in [0.4, 0.5) is 0 Å². The lowest BCUT2D eigenvalue weighted by atomic mass is 10.1. The fourth-order valence-electron chi connectivity index (χ4n) is 3.41. The highest BCUT2D eigenvalue weighted by Gasteiger charge is 2.25. The third-order valence-corrected chi connectivity index (χ3v) is 4.98. The van der Waals surface area contributed by atoms with Crippen LogP contribution >= 0.6 is 11.6 Å². The molecule has 7 heteroatoms. The van der Waals surface area contributed by atoms with E-state index in [-0.39, 0.29) is 11.9 Å². The maximum absolute atomic E-state index is 12.7. The van der Waals surface area contributed by atoms with Crippen molar-refractivity contribution in [2.45, 2.75) is 25.8 Å². The van der Waals surface area contributed by atoms with Crippen LogP contribution in [0, 0.1) is 6.92 Å². The number of carbonyl (C=O) groups is 1. The molecule has 1 atom stereocenters. The summed E-state index contributed by atoms with van der Waals surface area (Å²) in [5.41, 5.74) is 4.22. The van der Waals surface area contributed by atoms with Gasteiger partial charge in [-0.05, 0) is 55.2 Å². The van der Waals surface area contributed by atoms with Crippen LogP contribution in [0.2, 0.25) is 5.02 Å². The molecule has 1 N–H and O–H groups in total. The van der Waals surface area contributed by atoms with Crippen LogP contribution < -0.4 is 10.1 Å². The molecule has 2 heterocycles. The molecule has 0 aliphatic heterocycles. The van der Waals surface area contributed by atoms with E-state index < -0.39 is 0 Å². The molecule has 0 fully saturated rings. The van der Waals surface area contributed by atoms with Crippen LogP contribution in [-0.4, -0.2) is 27.6 Å². The number of rotatable bonds is 4. The fourth-order valence-corrected chi connectivity index (χ4v) is 3.60. The first kappa shape index (κ1) is 17.5. The molecule has 138 valence electrons. The number of imidazole rings is 1. The number of carbonyl (C=O) groups excluding carboxylic acids is 1. The SMILES string of the molecule is COc1nc(C(=O)NC2CCc3ccc(Cl)cc32)ccc1-n1cnc(C)c1. The second kappa shape index (κ2) is 7.04. The predicted molar refractivity (Wildman–Crippen MR) is 103 cm³/mol. The van der Waals surface area contributed by atoms with Gasteiger partial charge in [0.2, 0.25) is 5.88 Å². The molecule has 1 aliphatic carbocycles. The van der Waals surface area contributed by atoms with Gasteiger partial charge in [-0.15, -0.1) is 0 Å². The van der Waals surface area contributed by atoms with Gasteiger partial charge in [-0.2, -0.15) is 0 Å². The number of ether oxygens (including phenoxy) is 1. The van der Waals surface area contributed by atoms with Crippen LogP contribution in [0.5, 0.6) is 5.88 Å². The second-order valence-corrected chi connectivity index (χ2v) is 6.99. The highest BCUT2D eigenvalue weighted by atomic mass is 35.5. The quantitative estimate of drug-likeness (QED) is 0.747. The summed E-state index contributed by atoms with van der Waals surface area (Å²) in [5.74, 6) is 0.134. The van der Waals surface area contributed by atoms with E-state index in [0.29, 0.717) is 16.6 Å². The number of nitrogens with one attached hydrogen (secondary N) is 1. The first-order valence-corrected chi connectivity index (χ1v) is 9.08. The van der Waals surface area contributed by atoms with Crippen molar-refractivity contribution in [3.8, 4) is 11.6 Å². The standard InChI is InChI=1S/C20H19ClN4O2/c1-12-10-25(11-22-12)18-8-7-17(24-20(18)27-2)19(26)23-16-6-4-13-3-5-14(21)9-15(13)16/h3,5,7-11,16H,4,6H2,1-2H3,(H,23,26). The van der Waals surface area contributed by atoms with Crippen molar-refractivity contribution in [2.24, 2.45) is 0 Å². The van der Waals surface area contributed by atoms with Gasteiger partial charge in [0.15, 0.2) is 0 Å². The Morgan fingerprint density at radius 3 is 2.93 bits per heavy atom. The van der Waals surface area contributed by atoms with Crippen molar-refractivity contribution in [1.29, 1.82) is 0 Å². The van der Waals surface area contributed by atoms with Crippen LogP contribution in [-0.2, 0) is 6.42 Å². The molecular weight excluding hydrogens is 364 g/mol. The van der Waals surface area contributed by atoms with E-state index in [2.05, 4.69) is 15.3 Å². The molecular formula is C20H19ClN4O2. The lowest BCUT2D eigenvalue weighted by molar-refractivity contribution is 0.0931. The second-order valence-electron chi connectivity index (χ2n) is 6.56. The minimum absolute atomic E-state index is 0.0602. The number of hydrogen-bond acceptors (Lipinski definition) is 4. The van der Waals surface area contributed by atoms with E-state index >= 15 is 0 Å². The molecule has 2 aromatic heterocycles. The van der Waals surface area contributed by atoms with E-state index in [1.165, 1.54) is 12.7 Å². The van der Waals surface area contributed by atoms with Crippen molar-refractivity contribution in [3.63, 3.8) is 0 Å². The third-order valence-electron chi connectivity index (χ3n) is 4.75. The van der Waals surface area contributed by atoms with Crippen molar-refractivity contribution >= 4 is 17.5 Å². The van der Waals surface area contributed by atoms with E-state index in [1.807, 2.05) is 35.9 Å². The number of halogens is 1. The average Bonchev–Trinajstić information content (AvgIpc) is 3.27. The number of aryl methyl sites for hydroxylation is 2. The average molecular weight is 383 g/mol. The molecule has 0 saturated carbocycles. The Balaban J connectivity index is 1.57. The molecule has 0 radical (unpaired) electrons. The Bertz CT molecular complexity index is 1010. The summed E-state index contributed by atoms with van der Waals surface area (Å²) in [5, 5.41) is 3.73. The summed E-state index contributed by atoms with van der Waals surface area (Å²) < 4.78 is 7.20. The highest BCUT2D eigenvalue weighted by molar-refractivity contribution is 6.30. The van der Waals surface area contributed by atoms with Crippen LogP contribution in [0.15, 0.2) is 42.9 Å². The van der Waals surface area contributed by atoms with Crippen molar-refractivity contribution in [1.82, 2.24) is 19.9 Å². The molecule has 0 spiro atoms. The summed E-state index contributed by atoms with van der Waals surface area (Å²) in [7, 11) is 1.53. The molecule has 0 saturated heterocycles. The van der Waals surface area contributed by atoms with Crippen LogP contribution in [0.25, 0.3) is 5.69 Å². The number of benzene rings is 1. The first-order chi connectivity index (χ1) is 13.0. The molecule has 6 nitrogen and oxygen atoms in total. The number of hydrogen-bond donors (Lipinski definition) is 1. The summed E-state index contributed by atoms with van der Waals surface area (Å²) >= 11 is 6.11.